The average molecular weight is 210 g/mol. The van der Waals surface area contributed by atoms with Crippen LogP contribution in [0.15, 0.2) is 0 Å². The van der Waals surface area contributed by atoms with Gasteiger partial charge in [-0.2, -0.15) is 0 Å². The third-order valence-electron chi connectivity index (χ3n) is 3.61. The molecule has 2 aliphatic rings. The highest BCUT2D eigenvalue weighted by Gasteiger charge is 2.45. The first-order chi connectivity index (χ1) is 7.08. The largest absolute Gasteiger partial charge is 0.345 e. The number of carbonyl (C=O) groups is 2. The van der Waals surface area contributed by atoms with Crippen LogP contribution in [0.4, 0.5) is 0 Å². The van der Waals surface area contributed by atoms with Crippen LogP contribution in [0.3, 0.4) is 0 Å². The molecule has 0 aromatic rings. The van der Waals surface area contributed by atoms with Crippen LogP contribution in [0, 0.1) is 5.92 Å². The van der Waals surface area contributed by atoms with E-state index in [0.29, 0.717) is 12.3 Å². The minimum atomic E-state index is -0.627. The van der Waals surface area contributed by atoms with Crippen molar-refractivity contribution < 1.29 is 9.59 Å². The Morgan fingerprint density at radius 2 is 2.13 bits per heavy atom. The lowest BCUT2D eigenvalue weighted by atomic mass is 9.92. The lowest BCUT2D eigenvalue weighted by Crippen LogP contribution is -2.65. The van der Waals surface area contributed by atoms with Crippen molar-refractivity contribution in [3.63, 3.8) is 0 Å². The molecule has 1 aliphatic carbocycles. The van der Waals surface area contributed by atoms with Gasteiger partial charge < -0.3 is 10.2 Å². The van der Waals surface area contributed by atoms with Crippen molar-refractivity contribution in [2.45, 2.75) is 38.6 Å². The van der Waals surface area contributed by atoms with Gasteiger partial charge in [-0.25, -0.2) is 0 Å². The fourth-order valence-corrected chi connectivity index (χ4v) is 2.05. The number of hydrogen-bond donors (Lipinski definition) is 1. The molecule has 1 aliphatic heterocycles. The number of piperazine rings is 1. The zero-order valence-corrected chi connectivity index (χ0v) is 9.38. The van der Waals surface area contributed by atoms with Gasteiger partial charge in [0.05, 0.1) is 6.54 Å². The van der Waals surface area contributed by atoms with Gasteiger partial charge in [-0.05, 0) is 32.1 Å². The van der Waals surface area contributed by atoms with Crippen LogP contribution in [0.1, 0.15) is 33.1 Å². The van der Waals surface area contributed by atoms with Crippen molar-refractivity contribution in [2.24, 2.45) is 5.92 Å². The zero-order valence-electron chi connectivity index (χ0n) is 9.38. The molecule has 84 valence electrons. The highest BCUT2D eigenvalue weighted by Crippen LogP contribution is 2.33. The smallest absolute Gasteiger partial charge is 0.246 e. The van der Waals surface area contributed by atoms with Crippen molar-refractivity contribution in [1.82, 2.24) is 10.2 Å². The van der Waals surface area contributed by atoms with Crippen LogP contribution < -0.4 is 5.32 Å². The van der Waals surface area contributed by atoms with E-state index in [1.165, 1.54) is 12.8 Å². The summed E-state index contributed by atoms with van der Waals surface area (Å²) in [6, 6.07) is 0. The highest BCUT2D eigenvalue weighted by atomic mass is 16.2. The minimum Gasteiger partial charge on any atom is -0.345 e. The third kappa shape index (κ3) is 1.73. The van der Waals surface area contributed by atoms with Crippen molar-refractivity contribution in [1.29, 1.82) is 0 Å². The predicted molar refractivity (Wildman–Crippen MR) is 56.1 cm³/mol. The summed E-state index contributed by atoms with van der Waals surface area (Å²) in [6.45, 7) is 4.75. The Morgan fingerprint density at radius 3 is 2.67 bits per heavy atom. The first-order valence-corrected chi connectivity index (χ1v) is 5.66. The molecule has 0 bridgehead atoms. The Balaban J connectivity index is 2.18. The van der Waals surface area contributed by atoms with E-state index in [-0.39, 0.29) is 18.4 Å². The van der Waals surface area contributed by atoms with E-state index in [1.807, 2.05) is 13.8 Å². The van der Waals surface area contributed by atoms with E-state index < -0.39 is 5.54 Å². The van der Waals surface area contributed by atoms with Gasteiger partial charge in [-0.3, -0.25) is 9.59 Å². The van der Waals surface area contributed by atoms with Crippen molar-refractivity contribution in [3.8, 4) is 0 Å². The molecule has 0 spiro atoms. The van der Waals surface area contributed by atoms with Gasteiger partial charge in [-0.15, -0.1) is 0 Å². The van der Waals surface area contributed by atoms with Gasteiger partial charge >= 0.3 is 0 Å². The Kier molecular flexibility index (Phi) is 2.44. The molecule has 0 radical (unpaired) electrons. The van der Waals surface area contributed by atoms with E-state index in [4.69, 9.17) is 0 Å². The second kappa shape index (κ2) is 3.51. The summed E-state index contributed by atoms with van der Waals surface area (Å²) in [5.41, 5.74) is -0.627. The fourth-order valence-electron chi connectivity index (χ4n) is 2.05. The van der Waals surface area contributed by atoms with Crippen LogP contribution in [0.5, 0.6) is 0 Å². The highest BCUT2D eigenvalue weighted by molar-refractivity contribution is 5.97. The molecule has 1 saturated carbocycles. The monoisotopic (exact) mass is 210 g/mol. The van der Waals surface area contributed by atoms with Crippen molar-refractivity contribution in [2.75, 3.05) is 13.1 Å². The molecule has 1 atom stereocenters. The first-order valence-electron chi connectivity index (χ1n) is 5.66. The molecule has 2 amide bonds. The molecule has 4 heteroatoms. The zero-order chi connectivity index (χ0) is 11.1. The van der Waals surface area contributed by atoms with Crippen LogP contribution in [0.25, 0.3) is 0 Å². The molecule has 2 fully saturated rings. The third-order valence-corrected chi connectivity index (χ3v) is 3.61. The predicted octanol–water partition coefficient (Wildman–Crippen LogP) is 0.523. The summed E-state index contributed by atoms with van der Waals surface area (Å²) in [4.78, 5) is 25.4. The normalized spacial score (nSPS) is 31.7. The molecule has 1 heterocycles. The fraction of sp³-hybridized carbons (Fsp3) is 0.818. The van der Waals surface area contributed by atoms with Crippen molar-refractivity contribution >= 4 is 11.8 Å². The summed E-state index contributed by atoms with van der Waals surface area (Å²) >= 11 is 0. The van der Waals surface area contributed by atoms with Gasteiger partial charge in [0, 0.05) is 6.54 Å². The number of nitrogens with one attached hydrogen (secondary N) is 1. The molecule has 2 rings (SSSR count). The lowest BCUT2D eigenvalue weighted by Gasteiger charge is -2.43. The number of nitrogens with zero attached hydrogens (tertiary/aromatic N) is 1. The summed E-state index contributed by atoms with van der Waals surface area (Å²) < 4.78 is 0. The standard InChI is InChI=1S/C11H18N2O2/c1-3-11(2)10(15)12-6-9(14)13(11)7-8-4-5-8/h8H,3-7H2,1-2H3,(H,12,15). The SMILES string of the molecule is CCC1(C)C(=O)NCC(=O)N1CC1CC1. The first kappa shape index (κ1) is 10.5. The van der Waals surface area contributed by atoms with Gasteiger partial charge in [0.2, 0.25) is 11.8 Å². The van der Waals surface area contributed by atoms with Crippen LogP contribution >= 0.6 is 0 Å². The maximum absolute atomic E-state index is 11.8. The Labute approximate surface area is 90.0 Å². The topological polar surface area (TPSA) is 49.4 Å². The molecule has 0 aromatic carbocycles. The molecule has 15 heavy (non-hydrogen) atoms. The lowest BCUT2D eigenvalue weighted by molar-refractivity contribution is -0.153. The van der Waals surface area contributed by atoms with Gasteiger partial charge in [-0.1, -0.05) is 6.92 Å². The Morgan fingerprint density at radius 1 is 1.47 bits per heavy atom. The second-order valence-corrected chi connectivity index (χ2v) is 4.76. The Hall–Kier alpha value is -1.06. The number of amides is 2. The minimum absolute atomic E-state index is 0.00903. The van der Waals surface area contributed by atoms with E-state index in [1.54, 1.807) is 4.90 Å². The van der Waals surface area contributed by atoms with E-state index in [0.717, 1.165) is 6.54 Å². The quantitative estimate of drug-likeness (QED) is 0.738. The van der Waals surface area contributed by atoms with E-state index in [2.05, 4.69) is 5.32 Å². The summed E-state index contributed by atoms with van der Waals surface area (Å²) in [5.74, 6) is 0.682. The van der Waals surface area contributed by atoms with Gasteiger partial charge in [0.1, 0.15) is 5.54 Å². The summed E-state index contributed by atoms with van der Waals surface area (Å²) in [5, 5.41) is 2.67. The van der Waals surface area contributed by atoms with Crippen LogP contribution in [-0.4, -0.2) is 35.3 Å². The summed E-state index contributed by atoms with van der Waals surface area (Å²) in [6.07, 6.45) is 3.08. The number of hydrogen-bond acceptors (Lipinski definition) is 2. The molecule has 0 aromatic heterocycles. The van der Waals surface area contributed by atoms with E-state index >= 15 is 0 Å². The molecular formula is C11H18N2O2. The number of rotatable bonds is 3. The van der Waals surface area contributed by atoms with Crippen molar-refractivity contribution in [3.05, 3.63) is 0 Å². The van der Waals surface area contributed by atoms with Crippen LogP contribution in [-0.2, 0) is 9.59 Å². The molecule has 1 unspecified atom stereocenters. The molecule has 1 N–H and O–H groups in total. The second-order valence-electron chi connectivity index (χ2n) is 4.76. The van der Waals surface area contributed by atoms with E-state index in [9.17, 15) is 9.59 Å². The maximum Gasteiger partial charge on any atom is 0.246 e. The number of carbonyl (C=O) groups excluding carboxylic acids is 2. The molecule has 4 nitrogen and oxygen atoms in total. The average Bonchev–Trinajstić information content (AvgIpc) is 3.02. The maximum atomic E-state index is 11.8. The summed E-state index contributed by atoms with van der Waals surface area (Å²) in [7, 11) is 0. The molecule has 1 saturated heterocycles. The van der Waals surface area contributed by atoms with Gasteiger partial charge in [0.15, 0.2) is 0 Å². The molecular weight excluding hydrogens is 192 g/mol. The van der Waals surface area contributed by atoms with Crippen LogP contribution in [0.2, 0.25) is 0 Å². The van der Waals surface area contributed by atoms with Gasteiger partial charge in [0.25, 0.3) is 0 Å². The Bertz CT molecular complexity index is 299.